The Labute approximate surface area is 122 Å². The lowest BCUT2D eigenvalue weighted by Gasteiger charge is -2.40. The minimum absolute atomic E-state index is 0.0165. The van der Waals surface area contributed by atoms with Gasteiger partial charge in [-0.05, 0) is 18.3 Å². The first-order valence-corrected chi connectivity index (χ1v) is 7.11. The number of carbonyl (C=O) groups is 2. The largest absolute Gasteiger partial charge is 0.476 e. The normalized spacial score (nSPS) is 24.6. The number of rotatable bonds is 4. The molecule has 114 valence electrons. The summed E-state index contributed by atoms with van der Waals surface area (Å²) in [4.78, 5) is 26.5. The van der Waals surface area contributed by atoms with Crippen LogP contribution in [0.25, 0.3) is 0 Å². The fourth-order valence-corrected chi connectivity index (χ4v) is 2.66. The third kappa shape index (κ3) is 2.70. The Morgan fingerprint density at radius 1 is 1.48 bits per heavy atom. The van der Waals surface area contributed by atoms with Crippen LogP contribution in [-0.2, 0) is 0 Å². The molecule has 2 atom stereocenters. The molecule has 1 saturated heterocycles. The van der Waals surface area contributed by atoms with Crippen molar-refractivity contribution in [2.45, 2.75) is 19.4 Å². The summed E-state index contributed by atoms with van der Waals surface area (Å²) in [7, 11) is 1.83. The standard InChI is InChI=1S/C13H19N5O3/c1-8-3-9(8)4-16(2)13(21)17-5-10(6-17)18-7-11(12(19)20)14-15-18/h7-10H,3-6H2,1-2H3,(H,19,20). The van der Waals surface area contributed by atoms with Crippen LogP contribution >= 0.6 is 0 Å². The molecule has 21 heavy (non-hydrogen) atoms. The van der Waals surface area contributed by atoms with E-state index in [2.05, 4.69) is 17.2 Å². The average Bonchev–Trinajstić information content (AvgIpc) is 2.89. The van der Waals surface area contributed by atoms with Gasteiger partial charge in [0.25, 0.3) is 0 Å². The van der Waals surface area contributed by atoms with Crippen molar-refractivity contribution in [1.82, 2.24) is 24.8 Å². The molecule has 1 N–H and O–H groups in total. The van der Waals surface area contributed by atoms with Crippen molar-refractivity contribution in [3.05, 3.63) is 11.9 Å². The van der Waals surface area contributed by atoms with Crippen molar-refractivity contribution in [1.29, 1.82) is 0 Å². The summed E-state index contributed by atoms with van der Waals surface area (Å²) in [5.74, 6) is 0.283. The lowest BCUT2D eigenvalue weighted by Crippen LogP contribution is -2.55. The van der Waals surface area contributed by atoms with Gasteiger partial charge in [0.2, 0.25) is 0 Å². The number of aromatic nitrogens is 3. The Hall–Kier alpha value is -2.12. The van der Waals surface area contributed by atoms with Crippen molar-refractivity contribution in [3.63, 3.8) is 0 Å². The van der Waals surface area contributed by atoms with Crippen molar-refractivity contribution < 1.29 is 14.7 Å². The Bertz CT molecular complexity index is 566. The van der Waals surface area contributed by atoms with Gasteiger partial charge in [-0.3, -0.25) is 0 Å². The first kappa shape index (κ1) is 13.8. The van der Waals surface area contributed by atoms with E-state index in [9.17, 15) is 9.59 Å². The highest BCUT2D eigenvalue weighted by molar-refractivity contribution is 5.84. The predicted octanol–water partition coefficient (Wildman–Crippen LogP) is 0.541. The van der Waals surface area contributed by atoms with Crippen molar-refractivity contribution in [2.75, 3.05) is 26.7 Å². The quantitative estimate of drug-likeness (QED) is 0.875. The lowest BCUT2D eigenvalue weighted by molar-refractivity contribution is 0.0689. The Balaban J connectivity index is 1.50. The number of aromatic carboxylic acids is 1. The molecule has 0 spiro atoms. The van der Waals surface area contributed by atoms with Crippen LogP contribution in [0.3, 0.4) is 0 Å². The minimum Gasteiger partial charge on any atom is -0.476 e. The third-order valence-corrected chi connectivity index (χ3v) is 4.35. The van der Waals surface area contributed by atoms with Crippen molar-refractivity contribution in [3.8, 4) is 0 Å². The monoisotopic (exact) mass is 293 g/mol. The van der Waals surface area contributed by atoms with E-state index >= 15 is 0 Å². The van der Waals surface area contributed by atoms with Gasteiger partial charge in [-0.2, -0.15) is 0 Å². The molecule has 0 radical (unpaired) electrons. The maximum absolute atomic E-state index is 12.2. The molecule has 8 heteroatoms. The molecule has 0 bridgehead atoms. The number of urea groups is 1. The fraction of sp³-hybridized carbons (Fsp3) is 0.692. The molecule has 0 aromatic carbocycles. The predicted molar refractivity (Wildman–Crippen MR) is 72.9 cm³/mol. The highest BCUT2D eigenvalue weighted by Crippen LogP contribution is 2.38. The van der Waals surface area contributed by atoms with Gasteiger partial charge in [-0.15, -0.1) is 5.10 Å². The van der Waals surface area contributed by atoms with Crippen molar-refractivity contribution >= 4 is 12.0 Å². The van der Waals surface area contributed by atoms with Crippen LogP contribution < -0.4 is 0 Å². The van der Waals surface area contributed by atoms with E-state index < -0.39 is 5.97 Å². The molecular weight excluding hydrogens is 274 g/mol. The van der Waals surface area contributed by atoms with Gasteiger partial charge in [0, 0.05) is 26.7 Å². The molecule has 3 rings (SSSR count). The molecule has 8 nitrogen and oxygen atoms in total. The molecular formula is C13H19N5O3. The number of carboxylic acids is 1. The highest BCUT2D eigenvalue weighted by atomic mass is 16.4. The molecule has 1 saturated carbocycles. The van der Waals surface area contributed by atoms with E-state index in [1.54, 1.807) is 9.80 Å². The van der Waals surface area contributed by atoms with Crippen LogP contribution in [0.1, 0.15) is 29.9 Å². The number of amides is 2. The maximum Gasteiger partial charge on any atom is 0.358 e. The smallest absolute Gasteiger partial charge is 0.358 e. The van der Waals surface area contributed by atoms with Gasteiger partial charge >= 0.3 is 12.0 Å². The molecule has 2 fully saturated rings. The van der Waals surface area contributed by atoms with E-state index in [1.807, 2.05) is 7.05 Å². The van der Waals surface area contributed by atoms with Crippen LogP contribution in [0.5, 0.6) is 0 Å². The molecule has 2 unspecified atom stereocenters. The summed E-state index contributed by atoms with van der Waals surface area (Å²) < 4.78 is 1.52. The molecule has 2 amide bonds. The highest BCUT2D eigenvalue weighted by Gasteiger charge is 2.38. The zero-order chi connectivity index (χ0) is 15.1. The minimum atomic E-state index is -1.09. The second-order valence-electron chi connectivity index (χ2n) is 6.08. The van der Waals surface area contributed by atoms with Crippen LogP contribution in [0, 0.1) is 11.8 Å². The summed E-state index contributed by atoms with van der Waals surface area (Å²) in [5, 5.41) is 16.2. The topological polar surface area (TPSA) is 91.6 Å². The number of nitrogens with zero attached hydrogens (tertiary/aromatic N) is 5. The number of likely N-dealkylation sites (tertiary alicyclic amines) is 1. The van der Waals surface area contributed by atoms with Crippen LogP contribution in [0.2, 0.25) is 0 Å². The summed E-state index contributed by atoms with van der Waals surface area (Å²) in [6, 6.07) is 0.0479. The zero-order valence-corrected chi connectivity index (χ0v) is 12.1. The number of carboxylic acid groups (broad SMARTS) is 1. The first-order chi connectivity index (χ1) is 9.95. The van der Waals surface area contributed by atoms with Gasteiger partial charge in [0.1, 0.15) is 0 Å². The Morgan fingerprint density at radius 2 is 2.14 bits per heavy atom. The molecule has 2 aliphatic rings. The Kier molecular flexibility index (Phi) is 3.30. The van der Waals surface area contributed by atoms with E-state index in [1.165, 1.54) is 17.3 Å². The van der Waals surface area contributed by atoms with E-state index in [0.29, 0.717) is 19.0 Å². The van der Waals surface area contributed by atoms with Gasteiger partial charge in [-0.1, -0.05) is 12.1 Å². The van der Waals surface area contributed by atoms with E-state index in [-0.39, 0.29) is 17.8 Å². The van der Waals surface area contributed by atoms with Crippen LogP contribution in [0.15, 0.2) is 6.20 Å². The zero-order valence-electron chi connectivity index (χ0n) is 12.1. The second kappa shape index (κ2) is 5.01. The second-order valence-corrected chi connectivity index (χ2v) is 6.08. The third-order valence-electron chi connectivity index (χ3n) is 4.35. The number of hydrogen-bond donors (Lipinski definition) is 1. The number of carbonyl (C=O) groups excluding carboxylic acids is 1. The molecule has 1 aromatic rings. The van der Waals surface area contributed by atoms with E-state index in [4.69, 9.17) is 5.11 Å². The van der Waals surface area contributed by atoms with Gasteiger partial charge in [0.05, 0.1) is 12.2 Å². The lowest BCUT2D eigenvalue weighted by atomic mass is 10.1. The summed E-state index contributed by atoms with van der Waals surface area (Å²) >= 11 is 0. The summed E-state index contributed by atoms with van der Waals surface area (Å²) in [6.07, 6.45) is 2.61. The maximum atomic E-state index is 12.2. The number of hydrogen-bond acceptors (Lipinski definition) is 4. The van der Waals surface area contributed by atoms with Gasteiger partial charge < -0.3 is 14.9 Å². The first-order valence-electron chi connectivity index (χ1n) is 7.11. The van der Waals surface area contributed by atoms with Gasteiger partial charge in [-0.25, -0.2) is 14.3 Å². The Morgan fingerprint density at radius 3 is 2.67 bits per heavy atom. The summed E-state index contributed by atoms with van der Waals surface area (Å²) in [6.45, 7) is 4.11. The molecule has 1 aliphatic heterocycles. The van der Waals surface area contributed by atoms with Crippen LogP contribution in [0.4, 0.5) is 4.79 Å². The SMILES string of the molecule is CC1CC1CN(C)C(=O)N1CC(n2cc(C(=O)O)nn2)C1. The molecule has 1 aliphatic carbocycles. The fourth-order valence-electron chi connectivity index (χ4n) is 2.66. The van der Waals surface area contributed by atoms with Gasteiger partial charge in [0.15, 0.2) is 5.69 Å². The van der Waals surface area contributed by atoms with Crippen LogP contribution in [-0.4, -0.2) is 68.6 Å². The molecule has 2 heterocycles. The average molecular weight is 293 g/mol. The summed E-state index contributed by atoms with van der Waals surface area (Å²) in [5.41, 5.74) is -0.0698. The molecule has 1 aromatic heterocycles. The van der Waals surface area contributed by atoms with Crippen molar-refractivity contribution in [2.24, 2.45) is 11.8 Å². The van der Waals surface area contributed by atoms with E-state index in [0.717, 1.165) is 12.5 Å².